The van der Waals surface area contributed by atoms with Gasteiger partial charge in [-0.1, -0.05) is 0 Å². The van der Waals surface area contributed by atoms with Crippen molar-refractivity contribution in [3.63, 3.8) is 0 Å². The predicted octanol–water partition coefficient (Wildman–Crippen LogP) is 1.18. The zero-order valence-corrected chi connectivity index (χ0v) is 5.37. The molecule has 1 unspecified atom stereocenters. The normalized spacial score (nSPS) is 25.1. The minimum atomic E-state index is -4.51. The van der Waals surface area contributed by atoms with Gasteiger partial charge in [0, 0.05) is 6.20 Å². The first-order valence-corrected chi connectivity index (χ1v) is 3.44. The third kappa shape index (κ3) is 1.26. The Balaban J connectivity index is 2.88. The summed E-state index contributed by atoms with van der Waals surface area (Å²) in [5.74, 6) is 0. The van der Waals surface area contributed by atoms with Gasteiger partial charge >= 0.3 is 6.18 Å². The fraction of sp³-hybridized carbons (Fsp3) is 0.250. The molecule has 1 aliphatic rings. The summed E-state index contributed by atoms with van der Waals surface area (Å²) in [6.07, 6.45) is -3.95. The predicted molar refractivity (Wildman–Crippen MR) is 30.8 cm³/mol. The summed E-state index contributed by atoms with van der Waals surface area (Å²) in [7, 11) is -2.09. The Morgan fingerprint density at radius 2 is 2.10 bits per heavy atom. The van der Waals surface area contributed by atoms with Crippen molar-refractivity contribution in [1.82, 2.24) is 0 Å². The van der Waals surface area contributed by atoms with E-state index in [9.17, 15) is 17.4 Å². The molecule has 0 aliphatic carbocycles. The van der Waals surface area contributed by atoms with Gasteiger partial charge in [0.25, 0.3) is 0 Å². The number of halogens is 3. The number of aliphatic imine (C=N–C) groups is 1. The van der Waals surface area contributed by atoms with Crippen molar-refractivity contribution in [2.45, 2.75) is 6.18 Å². The first kappa shape index (κ1) is 7.46. The largest absolute Gasteiger partial charge is 0.426 e. The van der Waals surface area contributed by atoms with Crippen LogP contribution in [0, 0.1) is 0 Å². The number of rotatable bonds is 0. The molecule has 0 bridgehead atoms. The SMILES string of the molecule is O=S1C=NC=C1C(F)(F)F. The van der Waals surface area contributed by atoms with Crippen molar-refractivity contribution in [3.05, 3.63) is 11.1 Å². The molecule has 0 amide bonds. The molecule has 0 N–H and O–H groups in total. The lowest BCUT2D eigenvalue weighted by Gasteiger charge is -2.02. The summed E-state index contributed by atoms with van der Waals surface area (Å²) >= 11 is 0. The van der Waals surface area contributed by atoms with Gasteiger partial charge in [0.2, 0.25) is 0 Å². The van der Waals surface area contributed by atoms with Crippen molar-refractivity contribution < 1.29 is 17.4 Å². The minimum Gasteiger partial charge on any atom is -0.254 e. The fourth-order valence-electron chi connectivity index (χ4n) is 0.449. The number of allylic oxidation sites excluding steroid dienone is 1. The molecule has 1 aliphatic heterocycles. The molecule has 0 aromatic rings. The maximum atomic E-state index is 11.7. The Labute approximate surface area is 56.9 Å². The second-order valence-electron chi connectivity index (χ2n) is 1.54. The lowest BCUT2D eigenvalue weighted by atomic mass is 10.6. The molecular weight excluding hydrogens is 167 g/mol. The van der Waals surface area contributed by atoms with Crippen molar-refractivity contribution in [1.29, 1.82) is 0 Å². The van der Waals surface area contributed by atoms with Gasteiger partial charge in [-0.2, -0.15) is 13.2 Å². The summed E-state index contributed by atoms with van der Waals surface area (Å²) in [6, 6.07) is 0. The zero-order valence-electron chi connectivity index (χ0n) is 4.55. The van der Waals surface area contributed by atoms with Gasteiger partial charge in [-0.05, 0) is 0 Å². The van der Waals surface area contributed by atoms with Crippen LogP contribution in [-0.4, -0.2) is 15.9 Å². The van der Waals surface area contributed by atoms with E-state index in [1.807, 2.05) is 0 Å². The van der Waals surface area contributed by atoms with Crippen molar-refractivity contribution in [2.24, 2.45) is 4.99 Å². The van der Waals surface area contributed by atoms with Crippen LogP contribution in [0.25, 0.3) is 0 Å². The van der Waals surface area contributed by atoms with Crippen molar-refractivity contribution in [3.8, 4) is 0 Å². The quantitative estimate of drug-likeness (QED) is 0.535. The molecule has 2 nitrogen and oxygen atoms in total. The first-order valence-electron chi connectivity index (χ1n) is 2.23. The molecule has 0 radical (unpaired) electrons. The topological polar surface area (TPSA) is 29.4 Å². The van der Waals surface area contributed by atoms with E-state index in [4.69, 9.17) is 0 Å². The fourth-order valence-corrected chi connectivity index (χ4v) is 1.13. The number of hydrogen-bond donors (Lipinski definition) is 0. The van der Waals surface area contributed by atoms with E-state index >= 15 is 0 Å². The molecule has 0 aromatic heterocycles. The molecule has 56 valence electrons. The first-order chi connectivity index (χ1) is 4.52. The molecule has 0 saturated carbocycles. The maximum absolute atomic E-state index is 11.7. The van der Waals surface area contributed by atoms with Gasteiger partial charge in [-0.3, -0.25) is 4.99 Å². The molecular formula is C4H2F3NOS. The smallest absolute Gasteiger partial charge is 0.254 e. The molecule has 1 atom stereocenters. The molecule has 0 saturated heterocycles. The van der Waals surface area contributed by atoms with E-state index in [1.165, 1.54) is 0 Å². The third-order valence-electron chi connectivity index (χ3n) is 0.845. The minimum absolute atomic E-state index is 0.566. The molecule has 1 heterocycles. The molecule has 0 spiro atoms. The Hall–Kier alpha value is -0.650. The molecule has 6 heteroatoms. The average Bonchev–Trinajstić information content (AvgIpc) is 2.11. The third-order valence-corrected chi connectivity index (χ3v) is 1.93. The van der Waals surface area contributed by atoms with Crippen LogP contribution < -0.4 is 0 Å². The average molecular weight is 169 g/mol. The zero-order chi connectivity index (χ0) is 7.78. The highest BCUT2D eigenvalue weighted by Gasteiger charge is 2.38. The highest BCUT2D eigenvalue weighted by molar-refractivity contribution is 8.02. The standard InChI is InChI=1S/C4H2F3NOS/c5-4(6,7)3-1-8-2-10(3)9/h1-2H. The number of alkyl halides is 3. The van der Waals surface area contributed by atoms with Crippen LogP contribution in [-0.2, 0) is 10.8 Å². The van der Waals surface area contributed by atoms with Crippen LogP contribution in [0.4, 0.5) is 13.2 Å². The maximum Gasteiger partial charge on any atom is 0.426 e. The molecule has 0 fully saturated rings. The van der Waals surface area contributed by atoms with E-state index in [1.54, 1.807) is 0 Å². The van der Waals surface area contributed by atoms with Crippen LogP contribution in [0.1, 0.15) is 0 Å². The highest BCUT2D eigenvalue weighted by atomic mass is 32.2. The van der Waals surface area contributed by atoms with Crippen LogP contribution in [0.15, 0.2) is 16.1 Å². The van der Waals surface area contributed by atoms with Gasteiger partial charge < -0.3 is 0 Å². The summed E-state index contributed by atoms with van der Waals surface area (Å²) < 4.78 is 45.4. The van der Waals surface area contributed by atoms with Crippen molar-refractivity contribution in [2.75, 3.05) is 0 Å². The van der Waals surface area contributed by atoms with Gasteiger partial charge in [0.1, 0.15) is 15.7 Å². The van der Waals surface area contributed by atoms with Gasteiger partial charge in [0.15, 0.2) is 0 Å². The molecule has 1 rings (SSSR count). The van der Waals surface area contributed by atoms with Gasteiger partial charge in [0.05, 0.1) is 5.55 Å². The van der Waals surface area contributed by atoms with E-state index in [0.717, 1.165) is 5.55 Å². The van der Waals surface area contributed by atoms with E-state index in [0.29, 0.717) is 6.20 Å². The Morgan fingerprint density at radius 3 is 2.30 bits per heavy atom. The van der Waals surface area contributed by atoms with Gasteiger partial charge in [-0.25, -0.2) is 4.21 Å². The second-order valence-corrected chi connectivity index (χ2v) is 2.79. The Bertz CT molecular complexity index is 229. The van der Waals surface area contributed by atoms with E-state index in [2.05, 4.69) is 4.99 Å². The summed E-state index contributed by atoms with van der Waals surface area (Å²) in [6.45, 7) is 0. The summed E-state index contributed by atoms with van der Waals surface area (Å²) in [5, 5.41) is 0. The highest BCUT2D eigenvalue weighted by Crippen LogP contribution is 2.29. The monoisotopic (exact) mass is 169 g/mol. The number of nitrogens with zero attached hydrogens (tertiary/aromatic N) is 1. The second kappa shape index (κ2) is 2.19. The van der Waals surface area contributed by atoms with Crippen molar-refractivity contribution >= 4 is 16.3 Å². The lowest BCUT2D eigenvalue weighted by molar-refractivity contribution is -0.0839. The van der Waals surface area contributed by atoms with E-state index in [-0.39, 0.29) is 0 Å². The summed E-state index contributed by atoms with van der Waals surface area (Å²) in [4.78, 5) is 2.01. The van der Waals surface area contributed by atoms with Crippen LogP contribution in [0.3, 0.4) is 0 Å². The summed E-state index contributed by atoms with van der Waals surface area (Å²) in [5.41, 5.74) is 0.753. The van der Waals surface area contributed by atoms with Crippen LogP contribution >= 0.6 is 0 Å². The number of hydrogen-bond acceptors (Lipinski definition) is 2. The molecule has 10 heavy (non-hydrogen) atoms. The van der Waals surface area contributed by atoms with Crippen LogP contribution in [0.5, 0.6) is 0 Å². The lowest BCUT2D eigenvalue weighted by Crippen LogP contribution is -2.14. The molecule has 0 aromatic carbocycles. The Morgan fingerprint density at radius 1 is 1.50 bits per heavy atom. The van der Waals surface area contributed by atoms with Crippen LogP contribution in [0.2, 0.25) is 0 Å². The Kier molecular flexibility index (Phi) is 1.63. The van der Waals surface area contributed by atoms with E-state index < -0.39 is 21.9 Å². The van der Waals surface area contributed by atoms with Gasteiger partial charge in [-0.15, -0.1) is 0 Å².